The fraction of sp³-hybridized carbons (Fsp3) is 0.259. The first-order valence-electron chi connectivity index (χ1n) is 11.3. The number of benzene rings is 3. The van der Waals surface area contributed by atoms with Gasteiger partial charge in [0.05, 0.1) is 4.90 Å². The van der Waals surface area contributed by atoms with Crippen LogP contribution in [-0.4, -0.2) is 30.4 Å². The van der Waals surface area contributed by atoms with E-state index >= 15 is 0 Å². The zero-order valence-corrected chi connectivity index (χ0v) is 19.4. The van der Waals surface area contributed by atoms with E-state index in [9.17, 15) is 12.8 Å². The van der Waals surface area contributed by atoms with Crippen molar-refractivity contribution in [2.75, 3.05) is 13.1 Å². The SMILES string of the molecule is Cc1c(C2CCN(S(=O)(=O)c3ccccc3)CC2)c2ccccc2n1Cc1cccc(F)c1. The molecule has 1 fully saturated rings. The van der Waals surface area contributed by atoms with E-state index in [0.29, 0.717) is 24.5 Å². The van der Waals surface area contributed by atoms with Gasteiger partial charge in [0.2, 0.25) is 10.0 Å². The molecule has 0 bridgehead atoms. The number of halogens is 1. The number of rotatable bonds is 5. The van der Waals surface area contributed by atoms with Gasteiger partial charge in [0.1, 0.15) is 5.82 Å². The summed E-state index contributed by atoms with van der Waals surface area (Å²) >= 11 is 0. The van der Waals surface area contributed by atoms with Crippen molar-refractivity contribution in [1.29, 1.82) is 0 Å². The number of aromatic nitrogens is 1. The van der Waals surface area contributed by atoms with Gasteiger partial charge in [-0.2, -0.15) is 4.31 Å². The van der Waals surface area contributed by atoms with Crippen LogP contribution in [0.15, 0.2) is 83.8 Å². The van der Waals surface area contributed by atoms with Crippen LogP contribution in [0.1, 0.15) is 35.6 Å². The maximum absolute atomic E-state index is 13.8. The van der Waals surface area contributed by atoms with Crippen LogP contribution in [0.3, 0.4) is 0 Å². The van der Waals surface area contributed by atoms with Crippen LogP contribution in [-0.2, 0) is 16.6 Å². The molecule has 0 amide bonds. The van der Waals surface area contributed by atoms with Gasteiger partial charge in [0.15, 0.2) is 0 Å². The number of nitrogens with zero attached hydrogens (tertiary/aromatic N) is 2. The van der Waals surface area contributed by atoms with E-state index in [-0.39, 0.29) is 11.7 Å². The van der Waals surface area contributed by atoms with Crippen molar-refractivity contribution in [2.24, 2.45) is 0 Å². The van der Waals surface area contributed by atoms with Gasteiger partial charge in [-0.05, 0) is 67.1 Å². The summed E-state index contributed by atoms with van der Waals surface area (Å²) in [4.78, 5) is 0.353. The lowest BCUT2D eigenvalue weighted by Gasteiger charge is -2.31. The Hall–Kier alpha value is -2.96. The molecule has 4 nitrogen and oxygen atoms in total. The number of para-hydroxylation sites is 1. The van der Waals surface area contributed by atoms with Gasteiger partial charge in [-0.25, -0.2) is 12.8 Å². The lowest BCUT2D eigenvalue weighted by molar-refractivity contribution is 0.319. The maximum atomic E-state index is 13.8. The molecule has 170 valence electrons. The quantitative estimate of drug-likeness (QED) is 0.382. The van der Waals surface area contributed by atoms with Gasteiger partial charge >= 0.3 is 0 Å². The molecule has 1 saturated heterocycles. The number of hydrogen-bond acceptors (Lipinski definition) is 2. The summed E-state index contributed by atoms with van der Waals surface area (Å²) < 4.78 is 43.7. The Bertz CT molecular complexity index is 1390. The molecule has 5 rings (SSSR count). The summed E-state index contributed by atoms with van der Waals surface area (Å²) in [7, 11) is -3.47. The van der Waals surface area contributed by atoms with E-state index in [4.69, 9.17) is 0 Å². The molecule has 33 heavy (non-hydrogen) atoms. The monoisotopic (exact) mass is 462 g/mol. The van der Waals surface area contributed by atoms with Crippen molar-refractivity contribution < 1.29 is 12.8 Å². The molecule has 1 aliphatic rings. The summed E-state index contributed by atoms with van der Waals surface area (Å²) in [6.45, 7) is 3.74. The molecular weight excluding hydrogens is 435 g/mol. The molecule has 0 radical (unpaired) electrons. The molecule has 6 heteroatoms. The average molecular weight is 463 g/mol. The normalized spacial score (nSPS) is 15.8. The zero-order valence-electron chi connectivity index (χ0n) is 18.6. The Morgan fingerprint density at radius 1 is 0.909 bits per heavy atom. The second-order valence-corrected chi connectivity index (χ2v) is 10.7. The third kappa shape index (κ3) is 4.09. The highest BCUT2D eigenvalue weighted by molar-refractivity contribution is 7.89. The minimum atomic E-state index is -3.47. The highest BCUT2D eigenvalue weighted by Crippen LogP contribution is 2.38. The third-order valence-corrected chi connectivity index (χ3v) is 8.67. The van der Waals surface area contributed by atoms with Gasteiger partial charge in [0.25, 0.3) is 0 Å². The van der Waals surface area contributed by atoms with Gasteiger partial charge < -0.3 is 4.57 Å². The molecule has 0 atom stereocenters. The first kappa shape index (κ1) is 21.9. The molecule has 0 N–H and O–H groups in total. The smallest absolute Gasteiger partial charge is 0.243 e. The summed E-state index contributed by atoms with van der Waals surface area (Å²) in [5, 5.41) is 1.20. The van der Waals surface area contributed by atoms with Gasteiger partial charge in [0, 0.05) is 36.2 Å². The second-order valence-electron chi connectivity index (χ2n) is 8.72. The molecule has 0 aliphatic carbocycles. The first-order valence-corrected chi connectivity index (χ1v) is 12.8. The van der Waals surface area contributed by atoms with E-state index in [2.05, 4.69) is 23.6 Å². The summed E-state index contributed by atoms with van der Waals surface area (Å²) in [5.41, 5.74) is 4.52. The summed E-state index contributed by atoms with van der Waals surface area (Å²) in [6, 6.07) is 23.7. The molecule has 0 unspecified atom stereocenters. The molecule has 0 spiro atoms. The molecule has 0 saturated carbocycles. The summed E-state index contributed by atoms with van der Waals surface area (Å²) in [6.07, 6.45) is 1.56. The van der Waals surface area contributed by atoms with Crippen LogP contribution in [0, 0.1) is 12.7 Å². The lowest BCUT2D eigenvalue weighted by atomic mass is 9.88. The van der Waals surface area contributed by atoms with Crippen LogP contribution in [0.2, 0.25) is 0 Å². The fourth-order valence-corrected chi connectivity index (χ4v) is 6.61. The Morgan fingerprint density at radius 2 is 1.61 bits per heavy atom. The largest absolute Gasteiger partial charge is 0.340 e. The van der Waals surface area contributed by atoms with E-state index in [1.807, 2.05) is 24.3 Å². The van der Waals surface area contributed by atoms with Crippen LogP contribution in [0.4, 0.5) is 4.39 Å². The Labute approximate surface area is 194 Å². The molecule has 1 aliphatic heterocycles. The van der Waals surface area contributed by atoms with Gasteiger partial charge in [-0.3, -0.25) is 0 Å². The standard InChI is InChI=1S/C27H27FN2O2S/c1-20-27(22-14-16-29(17-15-22)33(31,32)24-10-3-2-4-11-24)25-12-5-6-13-26(25)30(20)19-21-8-7-9-23(28)18-21/h2-13,18,22H,14-17,19H2,1H3. The van der Waals surface area contributed by atoms with E-state index in [1.54, 1.807) is 40.7 Å². The van der Waals surface area contributed by atoms with Crippen molar-refractivity contribution in [3.8, 4) is 0 Å². The highest BCUT2D eigenvalue weighted by atomic mass is 32.2. The lowest BCUT2D eigenvalue weighted by Crippen LogP contribution is -2.38. The maximum Gasteiger partial charge on any atom is 0.243 e. The minimum Gasteiger partial charge on any atom is -0.340 e. The van der Waals surface area contributed by atoms with E-state index in [1.165, 1.54) is 22.7 Å². The van der Waals surface area contributed by atoms with Crippen molar-refractivity contribution in [2.45, 2.75) is 37.1 Å². The minimum absolute atomic E-state index is 0.228. The molecule has 4 aromatic rings. The van der Waals surface area contributed by atoms with Crippen molar-refractivity contribution in [1.82, 2.24) is 8.87 Å². The van der Waals surface area contributed by atoms with Crippen molar-refractivity contribution in [3.05, 3.63) is 102 Å². The van der Waals surface area contributed by atoms with E-state index in [0.717, 1.165) is 23.9 Å². The van der Waals surface area contributed by atoms with Crippen LogP contribution >= 0.6 is 0 Å². The highest BCUT2D eigenvalue weighted by Gasteiger charge is 2.32. The second kappa shape index (κ2) is 8.76. The Balaban J connectivity index is 1.44. The number of fused-ring (bicyclic) bond motifs is 1. The third-order valence-electron chi connectivity index (χ3n) is 6.75. The van der Waals surface area contributed by atoms with Gasteiger partial charge in [-0.1, -0.05) is 48.5 Å². The molecule has 2 heterocycles. The van der Waals surface area contributed by atoms with Crippen molar-refractivity contribution in [3.63, 3.8) is 0 Å². The number of sulfonamides is 1. The van der Waals surface area contributed by atoms with Crippen LogP contribution in [0.5, 0.6) is 0 Å². The van der Waals surface area contributed by atoms with Crippen LogP contribution < -0.4 is 0 Å². The van der Waals surface area contributed by atoms with Gasteiger partial charge in [-0.15, -0.1) is 0 Å². The predicted molar refractivity (Wildman–Crippen MR) is 129 cm³/mol. The number of piperidine rings is 1. The fourth-order valence-electron chi connectivity index (χ4n) is 5.12. The molecular formula is C27H27FN2O2S. The first-order chi connectivity index (χ1) is 15.9. The Kier molecular flexibility index (Phi) is 5.81. The summed E-state index contributed by atoms with van der Waals surface area (Å²) in [5.74, 6) is 0.0553. The van der Waals surface area contributed by atoms with Crippen molar-refractivity contribution >= 4 is 20.9 Å². The number of hydrogen-bond donors (Lipinski definition) is 0. The average Bonchev–Trinajstić information content (AvgIpc) is 3.11. The topological polar surface area (TPSA) is 42.3 Å². The molecule has 1 aromatic heterocycles. The van der Waals surface area contributed by atoms with E-state index < -0.39 is 10.0 Å². The Morgan fingerprint density at radius 3 is 2.33 bits per heavy atom. The predicted octanol–water partition coefficient (Wildman–Crippen LogP) is 5.71. The molecule has 3 aromatic carbocycles. The van der Waals surface area contributed by atoms with Crippen LogP contribution in [0.25, 0.3) is 10.9 Å². The zero-order chi connectivity index (χ0) is 23.0.